The van der Waals surface area contributed by atoms with Crippen LogP contribution < -0.4 is 4.74 Å². The van der Waals surface area contributed by atoms with E-state index in [1.807, 2.05) is 13.8 Å². The lowest BCUT2D eigenvalue weighted by atomic mass is 9.97. The van der Waals surface area contributed by atoms with Gasteiger partial charge in [-0.3, -0.25) is 4.79 Å². The van der Waals surface area contributed by atoms with Crippen molar-refractivity contribution in [1.29, 1.82) is 0 Å². The van der Waals surface area contributed by atoms with Gasteiger partial charge in [0.2, 0.25) is 5.78 Å². The Hall–Kier alpha value is -2.49. The normalized spacial score (nSPS) is 16.6. The molecule has 110 valence electrons. The van der Waals surface area contributed by atoms with Gasteiger partial charge in [-0.2, -0.15) is 0 Å². The van der Waals surface area contributed by atoms with Gasteiger partial charge in [-0.15, -0.1) is 0 Å². The number of hydrogen-bond acceptors (Lipinski definition) is 4. The van der Waals surface area contributed by atoms with E-state index in [0.717, 1.165) is 11.1 Å². The molecule has 0 atom stereocenters. The summed E-state index contributed by atoms with van der Waals surface area (Å²) in [4.78, 5) is 12.2. The fourth-order valence-electron chi connectivity index (χ4n) is 2.23. The van der Waals surface area contributed by atoms with Crippen molar-refractivity contribution < 1.29 is 19.4 Å². The van der Waals surface area contributed by atoms with E-state index in [1.165, 1.54) is 14.2 Å². The summed E-state index contributed by atoms with van der Waals surface area (Å²) in [5.41, 5.74) is 2.85. The number of methoxy groups -OCH3 is 2. The van der Waals surface area contributed by atoms with Crippen LogP contribution in [0.5, 0.6) is 11.5 Å². The summed E-state index contributed by atoms with van der Waals surface area (Å²) in [5, 5.41) is 10.2. The molecule has 21 heavy (non-hydrogen) atoms. The molecule has 0 aliphatic heterocycles. The predicted octanol–water partition coefficient (Wildman–Crippen LogP) is 3.15. The van der Waals surface area contributed by atoms with Crippen molar-refractivity contribution in [2.75, 3.05) is 14.2 Å². The molecular weight excluding hydrogens is 268 g/mol. The van der Waals surface area contributed by atoms with Crippen LogP contribution in [0.3, 0.4) is 0 Å². The number of ether oxygens (including phenoxy) is 2. The van der Waals surface area contributed by atoms with Crippen molar-refractivity contribution in [2.45, 2.75) is 13.8 Å². The lowest BCUT2D eigenvalue weighted by Gasteiger charge is -2.13. The second kappa shape index (κ2) is 5.87. The summed E-state index contributed by atoms with van der Waals surface area (Å²) in [5.74, 6) is 0.486. The highest BCUT2D eigenvalue weighted by Crippen LogP contribution is 2.33. The number of Topliss-reactive ketones (excluding diaryl/α,β-unsaturated/α-hetero) is 1. The van der Waals surface area contributed by atoms with Crippen LogP contribution in [0, 0.1) is 6.92 Å². The molecular formula is C17H18O4. The van der Waals surface area contributed by atoms with Gasteiger partial charge in [0.1, 0.15) is 0 Å². The summed E-state index contributed by atoms with van der Waals surface area (Å²) in [7, 11) is 2.96. The van der Waals surface area contributed by atoms with Crippen LogP contribution >= 0.6 is 0 Å². The second-order valence-electron chi connectivity index (χ2n) is 4.93. The number of phenols is 1. The third-order valence-corrected chi connectivity index (χ3v) is 3.23. The van der Waals surface area contributed by atoms with Crippen molar-refractivity contribution in [1.82, 2.24) is 0 Å². The number of ketones is 1. The average Bonchev–Trinajstić information content (AvgIpc) is 2.45. The van der Waals surface area contributed by atoms with Crippen LogP contribution in [0.4, 0.5) is 0 Å². The zero-order valence-electron chi connectivity index (χ0n) is 12.6. The predicted molar refractivity (Wildman–Crippen MR) is 81.2 cm³/mol. The maximum atomic E-state index is 12.2. The first-order chi connectivity index (χ1) is 9.96. The topological polar surface area (TPSA) is 55.8 Å². The van der Waals surface area contributed by atoms with Gasteiger partial charge in [0.05, 0.1) is 14.2 Å². The minimum Gasteiger partial charge on any atom is -0.504 e. The Kier molecular flexibility index (Phi) is 4.17. The summed E-state index contributed by atoms with van der Waals surface area (Å²) in [6, 6.07) is 3.54. The Balaban J connectivity index is 2.52. The summed E-state index contributed by atoms with van der Waals surface area (Å²) in [6.45, 7) is 3.78. The minimum atomic E-state index is -0.206. The van der Waals surface area contributed by atoms with E-state index in [4.69, 9.17) is 9.47 Å². The summed E-state index contributed by atoms with van der Waals surface area (Å²) >= 11 is 0. The molecule has 0 fully saturated rings. The zero-order valence-corrected chi connectivity index (χ0v) is 12.6. The molecule has 1 aromatic rings. The number of rotatable bonds is 3. The van der Waals surface area contributed by atoms with E-state index in [-0.39, 0.29) is 11.5 Å². The summed E-state index contributed by atoms with van der Waals surface area (Å²) in [6.07, 6.45) is 5.10. The third-order valence-electron chi connectivity index (χ3n) is 3.23. The van der Waals surface area contributed by atoms with E-state index in [1.54, 1.807) is 30.4 Å². The summed E-state index contributed by atoms with van der Waals surface area (Å²) < 4.78 is 10.2. The number of aryl methyl sites for hydroxylation is 1. The molecule has 0 heterocycles. The number of benzene rings is 1. The maximum absolute atomic E-state index is 12.2. The van der Waals surface area contributed by atoms with Crippen LogP contribution in [0.1, 0.15) is 18.1 Å². The van der Waals surface area contributed by atoms with Crippen molar-refractivity contribution in [3.05, 3.63) is 52.3 Å². The Morgan fingerprint density at radius 1 is 1.10 bits per heavy atom. The number of allylic oxidation sites excluding steroid dienone is 4. The van der Waals surface area contributed by atoms with Crippen LogP contribution in [0.25, 0.3) is 6.08 Å². The van der Waals surface area contributed by atoms with Gasteiger partial charge in [0, 0.05) is 11.1 Å². The average molecular weight is 286 g/mol. The smallest absolute Gasteiger partial charge is 0.227 e. The Morgan fingerprint density at radius 3 is 2.43 bits per heavy atom. The largest absolute Gasteiger partial charge is 0.504 e. The van der Waals surface area contributed by atoms with E-state index in [9.17, 15) is 9.90 Å². The van der Waals surface area contributed by atoms with E-state index >= 15 is 0 Å². The fraction of sp³-hybridized carbons (Fsp3) is 0.235. The van der Waals surface area contributed by atoms with Gasteiger partial charge in [-0.05, 0) is 55.3 Å². The first-order valence-corrected chi connectivity index (χ1v) is 6.54. The molecule has 2 rings (SSSR count). The number of phenolic OH excluding ortho intramolecular Hbond substituents is 1. The molecule has 1 aliphatic rings. The van der Waals surface area contributed by atoms with Gasteiger partial charge in [-0.1, -0.05) is 0 Å². The van der Waals surface area contributed by atoms with Gasteiger partial charge in [-0.25, -0.2) is 0 Å². The number of aromatic hydroxyl groups is 1. The SMILES string of the molecule is COC1=CC(C)=C/C(=C\c2cc(C)cc(OC)c2O)C1=O. The molecule has 0 aromatic heterocycles. The van der Waals surface area contributed by atoms with Crippen LogP contribution in [0.15, 0.2) is 41.2 Å². The van der Waals surface area contributed by atoms with Crippen molar-refractivity contribution in [3.63, 3.8) is 0 Å². The van der Waals surface area contributed by atoms with E-state index in [2.05, 4.69) is 0 Å². The Labute approximate surface area is 124 Å². The van der Waals surface area contributed by atoms with Crippen LogP contribution in [-0.4, -0.2) is 25.1 Å². The number of hydrogen-bond donors (Lipinski definition) is 1. The number of carbonyl (C=O) groups is 1. The lowest BCUT2D eigenvalue weighted by molar-refractivity contribution is -0.114. The first-order valence-electron chi connectivity index (χ1n) is 6.54. The minimum absolute atomic E-state index is 0.0166. The van der Waals surface area contributed by atoms with Gasteiger partial charge >= 0.3 is 0 Å². The van der Waals surface area contributed by atoms with Crippen molar-refractivity contribution >= 4 is 11.9 Å². The standard InChI is InChI=1S/C17H18O4/c1-10-5-12(16(18)14(7-10)20-3)9-13-6-11(2)8-15(21-4)17(13)19/h5-9,18H,1-4H3/b13-9+. The van der Waals surface area contributed by atoms with Crippen molar-refractivity contribution in [2.24, 2.45) is 0 Å². The number of carbonyl (C=O) groups excluding carboxylic acids is 1. The van der Waals surface area contributed by atoms with Gasteiger partial charge in [0.15, 0.2) is 17.3 Å². The maximum Gasteiger partial charge on any atom is 0.227 e. The molecule has 1 aliphatic carbocycles. The molecule has 0 unspecified atom stereocenters. The molecule has 0 spiro atoms. The Morgan fingerprint density at radius 2 is 1.81 bits per heavy atom. The Bertz CT molecular complexity index is 678. The van der Waals surface area contributed by atoms with Crippen LogP contribution in [-0.2, 0) is 9.53 Å². The van der Waals surface area contributed by atoms with Crippen LogP contribution in [0.2, 0.25) is 0 Å². The van der Waals surface area contributed by atoms with Gasteiger partial charge < -0.3 is 14.6 Å². The van der Waals surface area contributed by atoms with Gasteiger partial charge in [0.25, 0.3) is 0 Å². The molecule has 0 saturated heterocycles. The molecule has 4 nitrogen and oxygen atoms in total. The zero-order chi connectivity index (χ0) is 15.6. The highest BCUT2D eigenvalue weighted by Gasteiger charge is 2.19. The molecule has 0 bridgehead atoms. The quantitative estimate of drug-likeness (QED) is 0.867. The molecule has 0 radical (unpaired) electrons. The lowest BCUT2D eigenvalue weighted by Crippen LogP contribution is -2.10. The van der Waals surface area contributed by atoms with E-state index < -0.39 is 0 Å². The molecule has 0 amide bonds. The highest BCUT2D eigenvalue weighted by atomic mass is 16.5. The molecule has 4 heteroatoms. The molecule has 0 saturated carbocycles. The second-order valence-corrected chi connectivity index (χ2v) is 4.93. The van der Waals surface area contributed by atoms with Crippen molar-refractivity contribution in [3.8, 4) is 11.5 Å². The van der Waals surface area contributed by atoms with E-state index in [0.29, 0.717) is 22.6 Å². The fourth-order valence-corrected chi connectivity index (χ4v) is 2.23. The molecule has 1 N–H and O–H groups in total. The monoisotopic (exact) mass is 286 g/mol. The third kappa shape index (κ3) is 2.99. The molecule has 1 aromatic carbocycles. The highest BCUT2D eigenvalue weighted by molar-refractivity contribution is 6.13. The first kappa shape index (κ1) is 14.9.